The molecule has 110 valence electrons. The Labute approximate surface area is 111 Å². The van der Waals surface area contributed by atoms with Crippen LogP contribution >= 0.6 is 0 Å². The van der Waals surface area contributed by atoms with E-state index in [0.717, 1.165) is 0 Å². The second-order valence-corrected chi connectivity index (χ2v) is 4.68. The van der Waals surface area contributed by atoms with Gasteiger partial charge in [0.25, 0.3) is 0 Å². The Morgan fingerprint density at radius 3 is 2.05 bits per heavy atom. The molecule has 0 atom stereocenters. The van der Waals surface area contributed by atoms with Gasteiger partial charge in [0.2, 0.25) is 0 Å². The van der Waals surface area contributed by atoms with Gasteiger partial charge in [-0.1, -0.05) is 0 Å². The molecule has 2 nitrogen and oxygen atoms in total. The Kier molecular flexibility index (Phi) is 3.96. The number of ketones is 1. The zero-order valence-electron chi connectivity index (χ0n) is 10.3. The molecule has 0 spiro atoms. The molecule has 1 saturated carbocycles. The number of carbonyl (C=O) groups excluding carboxylic acids is 1. The SMILES string of the molecule is O=C1CCC(C(F)(F)Oc2cc(F)c(F)c(F)c2)CC1. The van der Waals surface area contributed by atoms with Crippen molar-refractivity contribution in [1.82, 2.24) is 0 Å². The molecule has 0 N–H and O–H groups in total. The van der Waals surface area contributed by atoms with E-state index in [4.69, 9.17) is 0 Å². The zero-order chi connectivity index (χ0) is 14.9. The molecular formula is C13H11F5O2. The highest BCUT2D eigenvalue weighted by Crippen LogP contribution is 2.37. The highest BCUT2D eigenvalue weighted by atomic mass is 19.3. The predicted octanol–water partition coefficient (Wildman–Crippen LogP) is 3.83. The topological polar surface area (TPSA) is 26.3 Å². The second-order valence-electron chi connectivity index (χ2n) is 4.68. The summed E-state index contributed by atoms with van der Waals surface area (Å²) in [4.78, 5) is 11.0. The van der Waals surface area contributed by atoms with Gasteiger partial charge >= 0.3 is 6.11 Å². The van der Waals surface area contributed by atoms with Crippen molar-refractivity contribution in [2.24, 2.45) is 5.92 Å². The van der Waals surface area contributed by atoms with E-state index >= 15 is 0 Å². The van der Waals surface area contributed by atoms with Gasteiger partial charge < -0.3 is 4.74 Å². The van der Waals surface area contributed by atoms with Gasteiger partial charge in [-0.2, -0.15) is 8.78 Å². The molecule has 0 saturated heterocycles. The summed E-state index contributed by atoms with van der Waals surface area (Å²) in [6.07, 6.45) is -3.74. The summed E-state index contributed by atoms with van der Waals surface area (Å²) >= 11 is 0. The van der Waals surface area contributed by atoms with Gasteiger partial charge in [-0.3, -0.25) is 4.79 Å². The van der Waals surface area contributed by atoms with Crippen LogP contribution in [-0.2, 0) is 4.79 Å². The fraction of sp³-hybridized carbons (Fsp3) is 0.462. The maximum absolute atomic E-state index is 13.8. The highest BCUT2D eigenvalue weighted by molar-refractivity contribution is 5.79. The average molecular weight is 294 g/mol. The van der Waals surface area contributed by atoms with Gasteiger partial charge in [-0.05, 0) is 12.8 Å². The van der Waals surface area contributed by atoms with Crippen LogP contribution in [0, 0.1) is 23.4 Å². The van der Waals surface area contributed by atoms with Crippen molar-refractivity contribution in [2.45, 2.75) is 31.8 Å². The van der Waals surface area contributed by atoms with Gasteiger partial charge in [0.15, 0.2) is 17.5 Å². The summed E-state index contributed by atoms with van der Waals surface area (Å²) in [5.41, 5.74) is 0. The maximum Gasteiger partial charge on any atom is 0.400 e. The summed E-state index contributed by atoms with van der Waals surface area (Å²) in [6.45, 7) is 0. The predicted molar refractivity (Wildman–Crippen MR) is 58.9 cm³/mol. The number of hydrogen-bond donors (Lipinski definition) is 0. The molecule has 0 radical (unpaired) electrons. The average Bonchev–Trinajstić information content (AvgIpc) is 2.36. The normalized spacial score (nSPS) is 17.4. The van der Waals surface area contributed by atoms with Crippen LogP contribution in [0.25, 0.3) is 0 Å². The maximum atomic E-state index is 13.8. The number of carbonyl (C=O) groups is 1. The third-order valence-electron chi connectivity index (χ3n) is 3.23. The first-order valence-corrected chi connectivity index (χ1v) is 6.02. The number of rotatable bonds is 3. The molecular weight excluding hydrogens is 283 g/mol. The lowest BCUT2D eigenvalue weighted by molar-refractivity contribution is -0.221. The van der Waals surface area contributed by atoms with Crippen molar-refractivity contribution in [1.29, 1.82) is 0 Å². The lowest BCUT2D eigenvalue weighted by atomic mass is 9.87. The fourth-order valence-electron chi connectivity index (χ4n) is 2.11. The Morgan fingerprint density at radius 1 is 1.05 bits per heavy atom. The number of Topliss-reactive ketones (excluding diaryl/α,β-unsaturated/α-hetero) is 1. The number of hydrogen-bond acceptors (Lipinski definition) is 2. The van der Waals surface area contributed by atoms with E-state index in [-0.39, 0.29) is 31.5 Å². The van der Waals surface area contributed by atoms with Gasteiger partial charge in [0.05, 0.1) is 5.92 Å². The van der Waals surface area contributed by atoms with Gasteiger partial charge in [0.1, 0.15) is 11.5 Å². The van der Waals surface area contributed by atoms with Crippen LogP contribution in [0.3, 0.4) is 0 Å². The summed E-state index contributed by atoms with van der Waals surface area (Å²) in [5.74, 6) is -7.05. The molecule has 1 aliphatic rings. The summed E-state index contributed by atoms with van der Waals surface area (Å²) in [5, 5.41) is 0. The molecule has 0 aromatic heterocycles. The molecule has 1 fully saturated rings. The minimum atomic E-state index is -3.67. The lowest BCUT2D eigenvalue weighted by Gasteiger charge is -2.29. The fourth-order valence-corrected chi connectivity index (χ4v) is 2.11. The third-order valence-corrected chi connectivity index (χ3v) is 3.23. The molecule has 0 amide bonds. The monoisotopic (exact) mass is 294 g/mol. The molecule has 1 aliphatic carbocycles. The molecule has 2 rings (SSSR count). The first-order valence-electron chi connectivity index (χ1n) is 6.02. The van der Waals surface area contributed by atoms with Crippen molar-refractivity contribution in [3.63, 3.8) is 0 Å². The molecule has 20 heavy (non-hydrogen) atoms. The Hall–Kier alpha value is -1.66. The van der Waals surface area contributed by atoms with Crippen LogP contribution in [0.15, 0.2) is 12.1 Å². The van der Waals surface area contributed by atoms with Crippen LogP contribution in [-0.4, -0.2) is 11.9 Å². The minimum absolute atomic E-state index is 0.0236. The number of alkyl halides is 2. The molecule has 7 heteroatoms. The van der Waals surface area contributed by atoms with Gasteiger partial charge in [0, 0.05) is 25.0 Å². The Morgan fingerprint density at radius 2 is 1.55 bits per heavy atom. The van der Waals surface area contributed by atoms with E-state index in [0.29, 0.717) is 12.1 Å². The standard InChI is InChI=1S/C13H11F5O2/c14-10-5-9(6-11(15)12(10)16)20-13(17,18)7-1-3-8(19)4-2-7/h5-7H,1-4H2. The number of halogens is 5. The van der Waals surface area contributed by atoms with Crippen LogP contribution in [0.4, 0.5) is 22.0 Å². The van der Waals surface area contributed by atoms with Crippen molar-refractivity contribution in [2.75, 3.05) is 0 Å². The molecule has 0 aliphatic heterocycles. The largest absolute Gasteiger partial charge is 0.432 e. The van der Waals surface area contributed by atoms with Crippen LogP contribution in [0.2, 0.25) is 0 Å². The summed E-state index contributed by atoms with van der Waals surface area (Å²) in [7, 11) is 0. The molecule has 0 bridgehead atoms. The first-order chi connectivity index (χ1) is 9.29. The Balaban J connectivity index is 2.13. The molecule has 1 aromatic rings. The second kappa shape index (κ2) is 5.38. The van der Waals surface area contributed by atoms with E-state index in [1.165, 1.54) is 0 Å². The van der Waals surface area contributed by atoms with Crippen molar-refractivity contribution >= 4 is 5.78 Å². The van der Waals surface area contributed by atoms with E-state index in [1.54, 1.807) is 0 Å². The first kappa shape index (κ1) is 14.7. The Bertz CT molecular complexity index is 496. The van der Waals surface area contributed by atoms with E-state index in [9.17, 15) is 26.7 Å². The number of benzene rings is 1. The van der Waals surface area contributed by atoms with E-state index < -0.39 is 35.2 Å². The summed E-state index contributed by atoms with van der Waals surface area (Å²) in [6, 6.07) is 0.723. The van der Waals surface area contributed by atoms with Crippen LogP contribution in [0.1, 0.15) is 25.7 Å². The lowest BCUT2D eigenvalue weighted by Crippen LogP contribution is -2.37. The minimum Gasteiger partial charge on any atom is -0.432 e. The van der Waals surface area contributed by atoms with E-state index in [1.807, 2.05) is 0 Å². The summed E-state index contributed by atoms with van der Waals surface area (Å²) < 4.78 is 70.5. The van der Waals surface area contributed by atoms with Crippen LogP contribution in [0.5, 0.6) is 5.75 Å². The smallest absolute Gasteiger partial charge is 0.400 e. The van der Waals surface area contributed by atoms with Gasteiger partial charge in [-0.15, -0.1) is 0 Å². The highest BCUT2D eigenvalue weighted by Gasteiger charge is 2.44. The molecule has 1 aromatic carbocycles. The van der Waals surface area contributed by atoms with Crippen molar-refractivity contribution in [3.05, 3.63) is 29.6 Å². The zero-order valence-corrected chi connectivity index (χ0v) is 10.3. The molecule has 0 unspecified atom stereocenters. The van der Waals surface area contributed by atoms with Crippen molar-refractivity contribution in [3.8, 4) is 5.75 Å². The van der Waals surface area contributed by atoms with E-state index in [2.05, 4.69) is 4.74 Å². The van der Waals surface area contributed by atoms with Gasteiger partial charge in [-0.25, -0.2) is 13.2 Å². The number of ether oxygens (including phenoxy) is 1. The molecule has 0 heterocycles. The van der Waals surface area contributed by atoms with Crippen LogP contribution < -0.4 is 4.74 Å². The van der Waals surface area contributed by atoms with Crippen molar-refractivity contribution < 1.29 is 31.5 Å². The quantitative estimate of drug-likeness (QED) is 0.625. The third kappa shape index (κ3) is 3.08.